The molecule has 4 aromatic rings. The molecule has 0 bridgehead atoms. The molecule has 29 heavy (non-hydrogen) atoms. The van der Waals surface area contributed by atoms with Gasteiger partial charge in [-0.3, -0.25) is 0 Å². The molecule has 0 spiro atoms. The molecule has 8 heteroatoms. The van der Waals surface area contributed by atoms with Gasteiger partial charge < -0.3 is 0 Å². The third kappa shape index (κ3) is 4.34. The number of hydrogen-bond acceptors (Lipinski definition) is 5. The summed E-state index contributed by atoms with van der Waals surface area (Å²) in [6.07, 6.45) is 4.50. The lowest BCUT2D eigenvalue weighted by Crippen LogP contribution is -2.30. The Morgan fingerprint density at radius 3 is 2.59 bits per heavy atom. The maximum absolute atomic E-state index is 12.3. The van der Waals surface area contributed by atoms with E-state index in [0.29, 0.717) is 11.3 Å². The zero-order chi connectivity index (χ0) is 20.4. The van der Waals surface area contributed by atoms with Crippen LogP contribution in [0, 0.1) is 6.92 Å². The van der Waals surface area contributed by atoms with Gasteiger partial charge in [0, 0.05) is 16.0 Å². The van der Waals surface area contributed by atoms with E-state index < -0.39 is 16.1 Å². The molecule has 0 aliphatic rings. The lowest BCUT2D eigenvalue weighted by atomic mass is 10.00. The Balaban J connectivity index is 1.89. The molecule has 0 radical (unpaired) electrons. The van der Waals surface area contributed by atoms with E-state index in [2.05, 4.69) is 14.8 Å². The molecule has 1 N–H and O–H groups in total. The smallest absolute Gasteiger partial charge is 0.209 e. The van der Waals surface area contributed by atoms with Crippen LogP contribution in [-0.2, 0) is 10.0 Å². The number of aromatic nitrogens is 3. The minimum atomic E-state index is -3.50. The predicted molar refractivity (Wildman–Crippen MR) is 115 cm³/mol. The van der Waals surface area contributed by atoms with Crippen LogP contribution in [0.2, 0.25) is 0 Å². The Morgan fingerprint density at radius 1 is 1.03 bits per heavy atom. The first-order valence-electron chi connectivity index (χ1n) is 9.01. The van der Waals surface area contributed by atoms with Crippen LogP contribution >= 0.6 is 11.8 Å². The van der Waals surface area contributed by atoms with Gasteiger partial charge in [0.1, 0.15) is 0 Å². The molecule has 0 saturated heterocycles. The van der Waals surface area contributed by atoms with Crippen LogP contribution in [0.25, 0.3) is 5.65 Å². The monoisotopic (exact) mass is 424 g/mol. The van der Waals surface area contributed by atoms with Gasteiger partial charge in [0.15, 0.2) is 5.65 Å². The molecule has 2 aromatic heterocycles. The second-order valence-corrected chi connectivity index (χ2v) is 9.60. The zero-order valence-corrected chi connectivity index (χ0v) is 17.6. The molecule has 148 valence electrons. The molecule has 2 aromatic carbocycles. The summed E-state index contributed by atoms with van der Waals surface area (Å²) in [5.41, 5.74) is 3.20. The normalized spacial score (nSPS) is 12.9. The van der Waals surface area contributed by atoms with Gasteiger partial charge in [-0.1, -0.05) is 42.1 Å². The standard InChI is InChI=1S/C21H20N4O2S2/c1-15-8-6-11-18(28-16-9-4-3-5-10-16)20(15)21(24-29(2,26)27)17-14-22-19-12-7-13-23-25(17)19/h3-14,21,24H,1-2H3. The molecule has 0 fully saturated rings. The summed E-state index contributed by atoms with van der Waals surface area (Å²) < 4.78 is 29.0. The quantitative estimate of drug-likeness (QED) is 0.509. The zero-order valence-electron chi connectivity index (χ0n) is 16.0. The molecule has 0 aliphatic carbocycles. The largest absolute Gasteiger partial charge is 0.235 e. The minimum absolute atomic E-state index is 0.623. The van der Waals surface area contributed by atoms with E-state index in [1.54, 1.807) is 34.7 Å². The van der Waals surface area contributed by atoms with Crippen molar-refractivity contribution in [2.45, 2.75) is 22.8 Å². The van der Waals surface area contributed by atoms with Crippen molar-refractivity contribution in [1.29, 1.82) is 0 Å². The second kappa shape index (κ2) is 7.98. The number of rotatable bonds is 6. The van der Waals surface area contributed by atoms with Gasteiger partial charge in [0.25, 0.3) is 0 Å². The summed E-state index contributed by atoms with van der Waals surface area (Å²) in [7, 11) is -3.50. The Hall–Kier alpha value is -2.68. The van der Waals surface area contributed by atoms with Crippen molar-refractivity contribution in [2.75, 3.05) is 6.26 Å². The number of hydrogen-bond donors (Lipinski definition) is 1. The maximum atomic E-state index is 12.3. The number of benzene rings is 2. The minimum Gasteiger partial charge on any atom is -0.235 e. The Morgan fingerprint density at radius 2 is 1.83 bits per heavy atom. The Kier molecular flexibility index (Phi) is 5.40. The molecular weight excluding hydrogens is 404 g/mol. The predicted octanol–water partition coefficient (Wildman–Crippen LogP) is 3.83. The first-order valence-corrected chi connectivity index (χ1v) is 11.7. The van der Waals surface area contributed by atoms with Crippen molar-refractivity contribution in [2.24, 2.45) is 0 Å². The lowest BCUT2D eigenvalue weighted by molar-refractivity contribution is 0.572. The van der Waals surface area contributed by atoms with Crippen LogP contribution in [0.3, 0.4) is 0 Å². The van der Waals surface area contributed by atoms with Crippen molar-refractivity contribution in [3.8, 4) is 0 Å². The van der Waals surface area contributed by atoms with E-state index in [1.165, 1.54) is 6.26 Å². The van der Waals surface area contributed by atoms with E-state index in [0.717, 1.165) is 20.9 Å². The van der Waals surface area contributed by atoms with E-state index in [4.69, 9.17) is 0 Å². The van der Waals surface area contributed by atoms with Crippen LogP contribution in [-0.4, -0.2) is 29.3 Å². The second-order valence-electron chi connectivity index (χ2n) is 6.70. The number of fused-ring (bicyclic) bond motifs is 1. The fourth-order valence-electron chi connectivity index (χ4n) is 3.25. The van der Waals surface area contributed by atoms with Crippen molar-refractivity contribution in [3.63, 3.8) is 0 Å². The molecule has 2 heterocycles. The third-order valence-corrected chi connectivity index (χ3v) is 6.22. The van der Waals surface area contributed by atoms with Crippen molar-refractivity contribution in [3.05, 3.63) is 89.9 Å². The summed E-state index contributed by atoms with van der Waals surface area (Å²) in [5, 5.41) is 4.37. The molecule has 0 aliphatic heterocycles. The number of nitrogens with zero attached hydrogens (tertiary/aromatic N) is 3. The fourth-order valence-corrected chi connectivity index (χ4v) is 5.00. The molecular formula is C21H20N4O2S2. The van der Waals surface area contributed by atoms with Crippen LogP contribution in [0.15, 0.2) is 82.8 Å². The summed E-state index contributed by atoms with van der Waals surface area (Å²) in [5.74, 6) is 0. The fraction of sp³-hybridized carbons (Fsp3) is 0.143. The average molecular weight is 425 g/mol. The van der Waals surface area contributed by atoms with Gasteiger partial charge in [0.2, 0.25) is 10.0 Å². The Bertz CT molecular complexity index is 1250. The van der Waals surface area contributed by atoms with Crippen LogP contribution in [0.5, 0.6) is 0 Å². The highest BCUT2D eigenvalue weighted by Crippen LogP contribution is 2.37. The van der Waals surface area contributed by atoms with E-state index >= 15 is 0 Å². The highest BCUT2D eigenvalue weighted by Gasteiger charge is 2.26. The molecule has 0 amide bonds. The first-order chi connectivity index (χ1) is 13.9. The van der Waals surface area contributed by atoms with Crippen LogP contribution in [0.4, 0.5) is 0 Å². The van der Waals surface area contributed by atoms with Crippen LogP contribution in [0.1, 0.15) is 22.9 Å². The van der Waals surface area contributed by atoms with Gasteiger partial charge >= 0.3 is 0 Å². The summed E-state index contributed by atoms with van der Waals surface area (Å²) in [6.45, 7) is 1.98. The van der Waals surface area contributed by atoms with Crippen molar-refractivity contribution >= 4 is 27.4 Å². The van der Waals surface area contributed by atoms with Crippen molar-refractivity contribution in [1.82, 2.24) is 19.3 Å². The van der Waals surface area contributed by atoms with Gasteiger partial charge in [-0.15, -0.1) is 0 Å². The summed E-state index contributed by atoms with van der Waals surface area (Å²) in [6, 6.07) is 19.0. The molecule has 1 atom stereocenters. The highest BCUT2D eigenvalue weighted by molar-refractivity contribution is 7.99. The first kappa shape index (κ1) is 19.6. The van der Waals surface area contributed by atoms with Gasteiger partial charge in [-0.2, -0.15) is 5.10 Å². The lowest BCUT2D eigenvalue weighted by Gasteiger charge is -2.22. The Labute approximate surface area is 174 Å². The van der Waals surface area contributed by atoms with Gasteiger partial charge in [0.05, 0.1) is 24.2 Å². The molecule has 1 unspecified atom stereocenters. The van der Waals surface area contributed by atoms with Gasteiger partial charge in [-0.25, -0.2) is 22.6 Å². The average Bonchev–Trinajstić information content (AvgIpc) is 3.11. The van der Waals surface area contributed by atoms with Gasteiger partial charge in [-0.05, 0) is 48.4 Å². The summed E-state index contributed by atoms with van der Waals surface area (Å²) >= 11 is 1.60. The number of sulfonamides is 1. The molecule has 6 nitrogen and oxygen atoms in total. The third-order valence-electron chi connectivity index (χ3n) is 4.48. The number of nitrogens with one attached hydrogen (secondary N) is 1. The SMILES string of the molecule is Cc1cccc(Sc2ccccc2)c1C(NS(C)(=O)=O)c1cnc2cccnn12. The highest BCUT2D eigenvalue weighted by atomic mass is 32.2. The van der Waals surface area contributed by atoms with Crippen LogP contribution < -0.4 is 4.72 Å². The molecule has 4 rings (SSSR count). The van der Waals surface area contributed by atoms with Crippen molar-refractivity contribution < 1.29 is 8.42 Å². The number of aryl methyl sites for hydroxylation is 1. The van der Waals surface area contributed by atoms with E-state index in [1.807, 2.05) is 61.5 Å². The van der Waals surface area contributed by atoms with E-state index in [-0.39, 0.29) is 0 Å². The summed E-state index contributed by atoms with van der Waals surface area (Å²) in [4.78, 5) is 6.45. The number of imidazole rings is 1. The van der Waals surface area contributed by atoms with E-state index in [9.17, 15) is 8.42 Å². The topological polar surface area (TPSA) is 76.4 Å². The molecule has 0 saturated carbocycles. The maximum Gasteiger partial charge on any atom is 0.209 e.